The number of hydrogen-bond donors (Lipinski definition) is 0. The van der Waals surface area contributed by atoms with Gasteiger partial charge in [0.15, 0.2) is 0 Å². The van der Waals surface area contributed by atoms with Crippen LogP contribution in [-0.4, -0.2) is 4.98 Å². The lowest BCUT2D eigenvalue weighted by Crippen LogP contribution is -1.85. The van der Waals surface area contributed by atoms with E-state index in [-0.39, 0.29) is 5.82 Å². The maximum absolute atomic E-state index is 12.7. The van der Waals surface area contributed by atoms with E-state index in [0.717, 1.165) is 4.90 Å². The van der Waals surface area contributed by atoms with Crippen molar-refractivity contribution in [1.82, 2.24) is 4.98 Å². The van der Waals surface area contributed by atoms with Gasteiger partial charge in [-0.2, -0.15) is 5.26 Å². The Morgan fingerprint density at radius 1 is 1.19 bits per heavy atom. The van der Waals surface area contributed by atoms with Crippen molar-refractivity contribution in [3.05, 3.63) is 54.0 Å². The number of halogens is 1. The van der Waals surface area contributed by atoms with Crippen LogP contribution in [0.1, 0.15) is 5.56 Å². The Bertz CT molecular complexity index is 531. The third-order valence-electron chi connectivity index (χ3n) is 1.92. The number of benzene rings is 1. The average Bonchev–Trinajstić information content (AvgIpc) is 2.33. The zero-order valence-electron chi connectivity index (χ0n) is 8.22. The molecule has 0 fully saturated rings. The number of nitrogens with zero attached hydrogens (tertiary/aromatic N) is 2. The summed E-state index contributed by atoms with van der Waals surface area (Å²) in [5.74, 6) is -0.272. The van der Waals surface area contributed by atoms with Crippen LogP contribution >= 0.6 is 11.8 Å². The van der Waals surface area contributed by atoms with Crippen molar-refractivity contribution in [2.45, 2.75) is 9.92 Å². The second-order valence-electron chi connectivity index (χ2n) is 3.02. The fourth-order valence-electron chi connectivity index (χ4n) is 1.17. The summed E-state index contributed by atoms with van der Waals surface area (Å²) in [6, 6.07) is 11.6. The molecule has 16 heavy (non-hydrogen) atoms. The molecule has 1 aromatic carbocycles. The van der Waals surface area contributed by atoms with Gasteiger partial charge in [0, 0.05) is 11.1 Å². The van der Waals surface area contributed by atoms with Gasteiger partial charge in [0.2, 0.25) is 0 Å². The maximum atomic E-state index is 12.7. The Morgan fingerprint density at radius 2 is 1.94 bits per heavy atom. The molecule has 1 aromatic heterocycles. The lowest BCUT2D eigenvalue weighted by Gasteiger charge is -2.01. The van der Waals surface area contributed by atoms with E-state index in [0.29, 0.717) is 10.6 Å². The Hall–Kier alpha value is -1.86. The highest BCUT2D eigenvalue weighted by Crippen LogP contribution is 2.28. The molecule has 0 aliphatic carbocycles. The van der Waals surface area contributed by atoms with Gasteiger partial charge >= 0.3 is 0 Å². The summed E-state index contributed by atoms with van der Waals surface area (Å²) < 4.78 is 12.7. The van der Waals surface area contributed by atoms with Crippen molar-refractivity contribution in [3.63, 3.8) is 0 Å². The van der Waals surface area contributed by atoms with Crippen LogP contribution in [0.25, 0.3) is 0 Å². The van der Waals surface area contributed by atoms with Crippen molar-refractivity contribution >= 4 is 11.8 Å². The van der Waals surface area contributed by atoms with Crippen LogP contribution < -0.4 is 0 Å². The van der Waals surface area contributed by atoms with Gasteiger partial charge in [0.25, 0.3) is 0 Å². The minimum atomic E-state index is -0.272. The number of rotatable bonds is 2. The van der Waals surface area contributed by atoms with Crippen molar-refractivity contribution in [3.8, 4) is 6.07 Å². The van der Waals surface area contributed by atoms with E-state index >= 15 is 0 Å². The van der Waals surface area contributed by atoms with E-state index in [1.807, 2.05) is 0 Å². The average molecular weight is 230 g/mol. The SMILES string of the molecule is N#Cc1cccnc1Sc1ccc(F)cc1. The molecule has 0 saturated heterocycles. The Morgan fingerprint density at radius 3 is 2.62 bits per heavy atom. The Balaban J connectivity index is 2.27. The molecule has 0 aliphatic heterocycles. The Kier molecular flexibility index (Phi) is 3.18. The van der Waals surface area contributed by atoms with Crippen molar-refractivity contribution in [2.24, 2.45) is 0 Å². The van der Waals surface area contributed by atoms with Crippen LogP contribution in [0.5, 0.6) is 0 Å². The molecule has 78 valence electrons. The van der Waals surface area contributed by atoms with Gasteiger partial charge in [-0.1, -0.05) is 11.8 Å². The molecule has 0 spiro atoms. The molecule has 0 amide bonds. The first-order valence-electron chi connectivity index (χ1n) is 4.58. The van der Waals surface area contributed by atoms with Crippen LogP contribution in [0.15, 0.2) is 52.5 Å². The molecule has 2 nitrogen and oxygen atoms in total. The molecule has 0 unspecified atom stereocenters. The summed E-state index contributed by atoms with van der Waals surface area (Å²) >= 11 is 1.35. The molecule has 2 aromatic rings. The third kappa shape index (κ3) is 2.38. The van der Waals surface area contributed by atoms with Crippen LogP contribution in [0.2, 0.25) is 0 Å². The van der Waals surface area contributed by atoms with Gasteiger partial charge in [-0.25, -0.2) is 9.37 Å². The zero-order chi connectivity index (χ0) is 11.4. The first-order chi connectivity index (χ1) is 7.79. The predicted molar refractivity (Wildman–Crippen MR) is 59.5 cm³/mol. The minimum absolute atomic E-state index is 0.272. The van der Waals surface area contributed by atoms with Crippen molar-refractivity contribution < 1.29 is 4.39 Å². The number of aromatic nitrogens is 1. The van der Waals surface area contributed by atoms with Gasteiger partial charge in [-0.3, -0.25) is 0 Å². The number of hydrogen-bond acceptors (Lipinski definition) is 3. The molecule has 1 heterocycles. The van der Waals surface area contributed by atoms with Gasteiger partial charge in [0.05, 0.1) is 5.56 Å². The lowest BCUT2D eigenvalue weighted by molar-refractivity contribution is 0.626. The highest BCUT2D eigenvalue weighted by Gasteiger charge is 2.04. The summed E-state index contributed by atoms with van der Waals surface area (Å²) in [6.07, 6.45) is 1.63. The highest BCUT2D eigenvalue weighted by molar-refractivity contribution is 7.99. The summed E-state index contributed by atoms with van der Waals surface area (Å²) in [4.78, 5) is 4.97. The van der Waals surface area contributed by atoms with Crippen LogP contribution in [0, 0.1) is 17.1 Å². The standard InChI is InChI=1S/C12H7FN2S/c13-10-3-5-11(6-4-10)16-12-9(8-14)2-1-7-15-12/h1-7H. The van der Waals surface area contributed by atoms with Crippen molar-refractivity contribution in [1.29, 1.82) is 5.26 Å². The molecule has 4 heteroatoms. The molecule has 0 aliphatic rings. The second kappa shape index (κ2) is 4.77. The molecule has 0 atom stereocenters. The van der Waals surface area contributed by atoms with Crippen LogP contribution in [-0.2, 0) is 0 Å². The summed E-state index contributed by atoms with van der Waals surface area (Å²) in [7, 11) is 0. The Labute approximate surface area is 96.8 Å². The highest BCUT2D eigenvalue weighted by atomic mass is 32.2. The van der Waals surface area contributed by atoms with Gasteiger partial charge in [-0.15, -0.1) is 0 Å². The first-order valence-corrected chi connectivity index (χ1v) is 5.40. The normalized spacial score (nSPS) is 9.75. The van der Waals surface area contributed by atoms with Crippen molar-refractivity contribution in [2.75, 3.05) is 0 Å². The van der Waals surface area contributed by atoms with E-state index in [1.54, 1.807) is 30.5 Å². The topological polar surface area (TPSA) is 36.7 Å². The lowest BCUT2D eigenvalue weighted by atomic mass is 10.3. The molecule has 2 rings (SSSR count). The fourth-order valence-corrected chi connectivity index (χ4v) is 2.00. The second-order valence-corrected chi connectivity index (χ2v) is 4.09. The zero-order valence-corrected chi connectivity index (χ0v) is 9.04. The quantitative estimate of drug-likeness (QED) is 0.794. The summed E-state index contributed by atoms with van der Waals surface area (Å²) in [6.45, 7) is 0. The molecular formula is C12H7FN2S. The molecular weight excluding hydrogens is 223 g/mol. The number of nitriles is 1. The van der Waals surface area contributed by atoms with Crippen LogP contribution in [0.3, 0.4) is 0 Å². The van der Waals surface area contributed by atoms with E-state index in [9.17, 15) is 4.39 Å². The van der Waals surface area contributed by atoms with E-state index < -0.39 is 0 Å². The maximum Gasteiger partial charge on any atom is 0.123 e. The van der Waals surface area contributed by atoms with Crippen LogP contribution in [0.4, 0.5) is 4.39 Å². The van der Waals surface area contributed by atoms with Gasteiger partial charge in [-0.05, 0) is 36.4 Å². The first kappa shape index (κ1) is 10.7. The van der Waals surface area contributed by atoms with E-state index in [4.69, 9.17) is 5.26 Å². The minimum Gasteiger partial charge on any atom is -0.248 e. The largest absolute Gasteiger partial charge is 0.248 e. The van der Waals surface area contributed by atoms with Gasteiger partial charge in [0.1, 0.15) is 16.9 Å². The molecule has 0 radical (unpaired) electrons. The monoisotopic (exact) mass is 230 g/mol. The summed E-state index contributed by atoms with van der Waals surface area (Å²) in [5.41, 5.74) is 0.525. The van der Waals surface area contributed by atoms with Gasteiger partial charge < -0.3 is 0 Å². The fraction of sp³-hybridized carbons (Fsp3) is 0. The molecule has 0 saturated carbocycles. The molecule has 0 N–H and O–H groups in total. The third-order valence-corrected chi connectivity index (χ3v) is 2.95. The number of pyridine rings is 1. The predicted octanol–water partition coefficient (Wildman–Crippen LogP) is 3.24. The summed E-state index contributed by atoms with van der Waals surface area (Å²) in [5, 5.41) is 9.51. The van der Waals surface area contributed by atoms with E-state index in [2.05, 4.69) is 11.1 Å². The van der Waals surface area contributed by atoms with E-state index in [1.165, 1.54) is 23.9 Å². The smallest absolute Gasteiger partial charge is 0.123 e. The molecule has 0 bridgehead atoms.